The normalized spacial score (nSPS) is 14.6. The molecule has 150 valence electrons. The number of aromatic nitrogens is 2. The lowest BCUT2D eigenvalue weighted by Gasteiger charge is -2.26. The molecule has 3 rings (SSSR count). The molecule has 1 aromatic heterocycles. The molecule has 1 aliphatic heterocycles. The van der Waals surface area contributed by atoms with Crippen LogP contribution in [0.3, 0.4) is 0 Å². The number of morpholine rings is 1. The van der Waals surface area contributed by atoms with Gasteiger partial charge in [-0.1, -0.05) is 29.8 Å². The fourth-order valence-electron chi connectivity index (χ4n) is 3.04. The van der Waals surface area contributed by atoms with Crippen LogP contribution in [0.5, 0.6) is 0 Å². The van der Waals surface area contributed by atoms with E-state index in [0.29, 0.717) is 13.1 Å². The van der Waals surface area contributed by atoms with E-state index in [4.69, 9.17) is 4.74 Å². The minimum absolute atomic E-state index is 0.124. The average molecular weight is 386 g/mol. The third kappa shape index (κ3) is 5.61. The first kappa shape index (κ1) is 20.0. The molecular formula is C19H26N6O3. The summed E-state index contributed by atoms with van der Waals surface area (Å²) in [6.45, 7) is 7.39. The van der Waals surface area contributed by atoms with Gasteiger partial charge < -0.3 is 15.4 Å². The Bertz CT molecular complexity index is 778. The highest BCUT2D eigenvalue weighted by atomic mass is 16.6. The summed E-state index contributed by atoms with van der Waals surface area (Å²) in [4.78, 5) is 21.6. The molecule has 0 spiro atoms. The van der Waals surface area contributed by atoms with Gasteiger partial charge in [0.05, 0.1) is 18.1 Å². The van der Waals surface area contributed by atoms with Crippen LogP contribution in [0, 0.1) is 17.0 Å². The number of benzene rings is 1. The van der Waals surface area contributed by atoms with Crippen LogP contribution in [0.1, 0.15) is 17.5 Å². The average Bonchev–Trinajstić information content (AvgIpc) is 2.71. The smallest absolute Gasteiger partial charge is 0.353 e. The van der Waals surface area contributed by atoms with E-state index < -0.39 is 4.92 Å². The van der Waals surface area contributed by atoms with Crippen LogP contribution in [0.2, 0.25) is 0 Å². The molecule has 2 heterocycles. The van der Waals surface area contributed by atoms with E-state index in [1.165, 1.54) is 11.9 Å². The second kappa shape index (κ2) is 9.95. The zero-order chi connectivity index (χ0) is 19.8. The summed E-state index contributed by atoms with van der Waals surface area (Å²) in [6, 6.07) is 7.99. The molecule has 0 aliphatic carbocycles. The van der Waals surface area contributed by atoms with Crippen molar-refractivity contribution in [3.63, 3.8) is 0 Å². The molecule has 2 N–H and O–H groups in total. The van der Waals surface area contributed by atoms with Crippen molar-refractivity contribution >= 4 is 17.3 Å². The molecule has 1 aliphatic rings. The van der Waals surface area contributed by atoms with Crippen molar-refractivity contribution < 1.29 is 9.66 Å². The molecule has 0 bridgehead atoms. The van der Waals surface area contributed by atoms with Gasteiger partial charge in [0, 0.05) is 26.2 Å². The van der Waals surface area contributed by atoms with Gasteiger partial charge in [-0.05, 0) is 25.5 Å². The van der Waals surface area contributed by atoms with Crippen molar-refractivity contribution in [3.05, 3.63) is 51.8 Å². The number of nitrogens with zero attached hydrogens (tertiary/aromatic N) is 4. The Hall–Kier alpha value is -2.78. The lowest BCUT2D eigenvalue weighted by atomic mass is 10.1. The second-order valence-electron chi connectivity index (χ2n) is 6.75. The third-order valence-electron chi connectivity index (χ3n) is 4.63. The number of hydrogen-bond acceptors (Lipinski definition) is 8. The van der Waals surface area contributed by atoms with Crippen LogP contribution in [0.15, 0.2) is 30.6 Å². The van der Waals surface area contributed by atoms with Crippen molar-refractivity contribution in [3.8, 4) is 0 Å². The Balaban J connectivity index is 1.58. The monoisotopic (exact) mass is 386 g/mol. The zero-order valence-corrected chi connectivity index (χ0v) is 16.1. The van der Waals surface area contributed by atoms with Crippen LogP contribution < -0.4 is 10.6 Å². The molecule has 0 atom stereocenters. The number of nitro groups is 1. The first-order valence-electron chi connectivity index (χ1n) is 9.46. The molecule has 2 aromatic rings. The van der Waals surface area contributed by atoms with Gasteiger partial charge >= 0.3 is 5.69 Å². The quantitative estimate of drug-likeness (QED) is 0.385. The van der Waals surface area contributed by atoms with E-state index in [1.54, 1.807) is 0 Å². The van der Waals surface area contributed by atoms with Crippen molar-refractivity contribution in [1.82, 2.24) is 14.9 Å². The van der Waals surface area contributed by atoms with Gasteiger partial charge in [-0.3, -0.25) is 15.0 Å². The first-order valence-corrected chi connectivity index (χ1v) is 9.46. The standard InChI is InChI=1S/C19H26N6O3/c1-15-3-5-16(6-4-15)13-21-19-17(25(26)27)18(22-14-23-19)20-7-2-8-24-9-11-28-12-10-24/h3-6,14H,2,7-13H2,1H3,(H2,20,21,22,23). The topological polar surface area (TPSA) is 105 Å². The van der Waals surface area contributed by atoms with E-state index in [2.05, 4.69) is 25.5 Å². The number of anilines is 2. The van der Waals surface area contributed by atoms with Crippen molar-refractivity contribution in [2.24, 2.45) is 0 Å². The van der Waals surface area contributed by atoms with Crippen LogP contribution >= 0.6 is 0 Å². The highest BCUT2D eigenvalue weighted by Crippen LogP contribution is 2.29. The van der Waals surface area contributed by atoms with Gasteiger partial charge in [0.25, 0.3) is 0 Å². The number of aryl methyl sites for hydroxylation is 1. The minimum Gasteiger partial charge on any atom is -0.379 e. The van der Waals surface area contributed by atoms with Gasteiger partial charge in [0.2, 0.25) is 11.6 Å². The molecule has 1 aromatic carbocycles. The maximum absolute atomic E-state index is 11.6. The van der Waals surface area contributed by atoms with E-state index in [9.17, 15) is 10.1 Å². The molecule has 0 unspecified atom stereocenters. The maximum Gasteiger partial charge on any atom is 0.353 e. The van der Waals surface area contributed by atoms with Crippen LogP contribution in [-0.4, -0.2) is 59.2 Å². The third-order valence-corrected chi connectivity index (χ3v) is 4.63. The van der Waals surface area contributed by atoms with E-state index >= 15 is 0 Å². The molecule has 0 saturated carbocycles. The predicted octanol–water partition coefficient (Wildman–Crippen LogP) is 2.44. The minimum atomic E-state index is -0.443. The van der Waals surface area contributed by atoms with Crippen molar-refractivity contribution in [1.29, 1.82) is 0 Å². The molecule has 9 nitrogen and oxygen atoms in total. The molecule has 0 amide bonds. The molecule has 9 heteroatoms. The van der Waals surface area contributed by atoms with E-state index in [0.717, 1.165) is 44.8 Å². The molecule has 28 heavy (non-hydrogen) atoms. The van der Waals surface area contributed by atoms with E-state index in [1.807, 2.05) is 31.2 Å². The Morgan fingerprint density at radius 2 is 1.82 bits per heavy atom. The fraction of sp³-hybridized carbons (Fsp3) is 0.474. The van der Waals surface area contributed by atoms with Gasteiger partial charge in [0.1, 0.15) is 6.33 Å². The zero-order valence-electron chi connectivity index (χ0n) is 16.1. The highest BCUT2D eigenvalue weighted by molar-refractivity contribution is 5.69. The first-order chi connectivity index (χ1) is 13.6. The fourth-order valence-corrected chi connectivity index (χ4v) is 3.04. The van der Waals surface area contributed by atoms with Crippen molar-refractivity contribution in [2.45, 2.75) is 19.9 Å². The lowest BCUT2D eigenvalue weighted by molar-refractivity contribution is -0.383. The summed E-state index contributed by atoms with van der Waals surface area (Å²) in [7, 11) is 0. The van der Waals surface area contributed by atoms with Gasteiger partial charge in [0.15, 0.2) is 0 Å². The second-order valence-corrected chi connectivity index (χ2v) is 6.75. The SMILES string of the molecule is Cc1ccc(CNc2ncnc(NCCCN3CCOCC3)c2[N+](=O)[O-])cc1. The number of hydrogen-bond donors (Lipinski definition) is 2. The molecule has 0 radical (unpaired) electrons. The van der Waals surface area contributed by atoms with Crippen LogP contribution in [0.4, 0.5) is 17.3 Å². The largest absolute Gasteiger partial charge is 0.379 e. The lowest BCUT2D eigenvalue weighted by Crippen LogP contribution is -2.37. The van der Waals surface area contributed by atoms with E-state index in [-0.39, 0.29) is 17.3 Å². The van der Waals surface area contributed by atoms with Crippen LogP contribution in [0.25, 0.3) is 0 Å². The van der Waals surface area contributed by atoms with Gasteiger partial charge in [-0.2, -0.15) is 0 Å². The van der Waals surface area contributed by atoms with Gasteiger partial charge in [-0.15, -0.1) is 0 Å². The summed E-state index contributed by atoms with van der Waals surface area (Å²) in [6.07, 6.45) is 2.21. The summed E-state index contributed by atoms with van der Waals surface area (Å²) >= 11 is 0. The Morgan fingerprint density at radius 3 is 2.50 bits per heavy atom. The summed E-state index contributed by atoms with van der Waals surface area (Å²) < 4.78 is 5.34. The van der Waals surface area contributed by atoms with Crippen molar-refractivity contribution in [2.75, 3.05) is 50.0 Å². The van der Waals surface area contributed by atoms with Gasteiger partial charge in [-0.25, -0.2) is 9.97 Å². The predicted molar refractivity (Wildman–Crippen MR) is 108 cm³/mol. The Kier molecular flexibility index (Phi) is 7.10. The maximum atomic E-state index is 11.6. The molecular weight excluding hydrogens is 360 g/mol. The molecule has 1 saturated heterocycles. The summed E-state index contributed by atoms with van der Waals surface area (Å²) in [5, 5.41) is 17.7. The van der Waals surface area contributed by atoms with Crippen LogP contribution in [-0.2, 0) is 11.3 Å². The number of ether oxygens (including phenoxy) is 1. The molecule has 1 fully saturated rings. The number of rotatable bonds is 9. The Morgan fingerprint density at radius 1 is 1.14 bits per heavy atom. The summed E-state index contributed by atoms with van der Waals surface area (Å²) in [5.41, 5.74) is 2.07. The summed E-state index contributed by atoms with van der Waals surface area (Å²) in [5.74, 6) is 0.463. The highest BCUT2D eigenvalue weighted by Gasteiger charge is 2.22. The Labute approximate surface area is 164 Å². The number of nitrogens with one attached hydrogen (secondary N) is 2.